The zero-order chi connectivity index (χ0) is 20.9. The van der Waals surface area contributed by atoms with E-state index in [9.17, 15) is 9.59 Å². The van der Waals surface area contributed by atoms with Gasteiger partial charge in [0.15, 0.2) is 11.5 Å². The third kappa shape index (κ3) is 4.94. The number of nitrogens with one attached hydrogen (secondary N) is 2. The molecule has 0 unspecified atom stereocenters. The number of amides is 2. The van der Waals surface area contributed by atoms with Gasteiger partial charge in [0.2, 0.25) is 18.6 Å². The van der Waals surface area contributed by atoms with Crippen LogP contribution in [0.1, 0.15) is 48.9 Å². The third-order valence-electron chi connectivity index (χ3n) is 5.21. The summed E-state index contributed by atoms with van der Waals surface area (Å²) in [6.07, 6.45) is 5.56. The van der Waals surface area contributed by atoms with Gasteiger partial charge in [0.1, 0.15) is 0 Å². The summed E-state index contributed by atoms with van der Waals surface area (Å²) in [4.78, 5) is 24.9. The van der Waals surface area contributed by atoms with Gasteiger partial charge in [-0.05, 0) is 48.2 Å². The normalized spacial score (nSPS) is 23.0. The van der Waals surface area contributed by atoms with Gasteiger partial charge >= 0.3 is 0 Å². The number of fused-ring (bicyclic) bond motifs is 1. The lowest BCUT2D eigenvalue weighted by molar-refractivity contribution is -0.127. The molecule has 7 heteroatoms. The zero-order valence-electron chi connectivity index (χ0n) is 16.4. The molecule has 2 atom stereocenters. The lowest BCUT2D eigenvalue weighted by Gasteiger charge is -2.21. The Morgan fingerprint density at radius 3 is 2.10 bits per heavy atom. The van der Waals surface area contributed by atoms with Gasteiger partial charge in [-0.15, -0.1) is 0 Å². The first-order valence-corrected chi connectivity index (χ1v) is 10.3. The van der Waals surface area contributed by atoms with Crippen molar-refractivity contribution >= 4 is 23.4 Å². The summed E-state index contributed by atoms with van der Waals surface area (Å²) in [7, 11) is 0. The zero-order valence-corrected chi connectivity index (χ0v) is 17.2. The van der Waals surface area contributed by atoms with Gasteiger partial charge < -0.3 is 20.1 Å². The molecule has 2 aliphatic rings. The van der Waals surface area contributed by atoms with Crippen LogP contribution in [0.2, 0.25) is 5.02 Å². The molecule has 6 nitrogen and oxygen atoms in total. The van der Waals surface area contributed by atoms with Crippen LogP contribution in [0.5, 0.6) is 11.5 Å². The van der Waals surface area contributed by atoms with E-state index in [-0.39, 0.29) is 43.5 Å². The van der Waals surface area contributed by atoms with Gasteiger partial charge in [-0.3, -0.25) is 9.59 Å². The standard InChI is InChI=1S/C23H23ClN2O4/c24-17-5-3-4-15(12-17)18-6-1-2-7-19(26-23(28)11-10-22(27)25-18)16-8-9-20-21(13-16)30-14-29-20/h1-5,8-9,12-13,18-19H,6-7,10-11,14H2,(H,25,27)(H,26,28)/b2-1-/t18-,19+/m1/s1. The number of ether oxygens (including phenoxy) is 2. The van der Waals surface area contributed by atoms with Crippen molar-refractivity contribution in [2.45, 2.75) is 37.8 Å². The van der Waals surface area contributed by atoms with Gasteiger partial charge in [0.25, 0.3) is 0 Å². The van der Waals surface area contributed by atoms with E-state index < -0.39 is 0 Å². The fourth-order valence-electron chi connectivity index (χ4n) is 3.63. The predicted octanol–water partition coefficient (Wildman–Crippen LogP) is 4.21. The SMILES string of the molecule is O=C1CCC(=O)N[C@@H](c2cccc(Cl)c2)C/C=C\C[C@@H](c2ccc3c(c2)OCO3)N1. The molecule has 0 radical (unpaired) electrons. The summed E-state index contributed by atoms with van der Waals surface area (Å²) in [6.45, 7) is 0.204. The number of halogens is 1. The monoisotopic (exact) mass is 426 g/mol. The van der Waals surface area contributed by atoms with E-state index in [1.165, 1.54) is 0 Å². The van der Waals surface area contributed by atoms with Gasteiger partial charge in [-0.1, -0.05) is 42.0 Å². The molecule has 2 N–H and O–H groups in total. The van der Waals surface area contributed by atoms with Gasteiger partial charge in [0, 0.05) is 17.9 Å². The maximum atomic E-state index is 12.5. The second kappa shape index (κ2) is 9.22. The highest BCUT2D eigenvalue weighted by atomic mass is 35.5. The highest BCUT2D eigenvalue weighted by molar-refractivity contribution is 6.30. The molecule has 2 amide bonds. The molecule has 0 spiro atoms. The number of rotatable bonds is 2. The summed E-state index contributed by atoms with van der Waals surface area (Å²) in [6, 6.07) is 12.7. The Labute approximate surface area is 180 Å². The fourth-order valence-corrected chi connectivity index (χ4v) is 3.83. The van der Waals surface area contributed by atoms with Crippen molar-refractivity contribution in [2.24, 2.45) is 0 Å². The Hall–Kier alpha value is -2.99. The minimum absolute atomic E-state index is 0.124. The first kappa shape index (κ1) is 20.3. The average Bonchev–Trinajstić information content (AvgIpc) is 3.20. The molecule has 30 heavy (non-hydrogen) atoms. The van der Waals surface area contributed by atoms with E-state index >= 15 is 0 Å². The van der Waals surface area contributed by atoms with E-state index in [0.29, 0.717) is 29.4 Å². The molecule has 0 bridgehead atoms. The van der Waals surface area contributed by atoms with E-state index in [0.717, 1.165) is 11.1 Å². The summed E-state index contributed by atoms with van der Waals surface area (Å²) < 4.78 is 10.8. The van der Waals surface area contributed by atoms with Crippen molar-refractivity contribution < 1.29 is 19.1 Å². The fraction of sp³-hybridized carbons (Fsp3) is 0.304. The number of hydrogen-bond donors (Lipinski definition) is 2. The van der Waals surface area contributed by atoms with Crippen molar-refractivity contribution in [2.75, 3.05) is 6.79 Å². The molecule has 156 valence electrons. The number of hydrogen-bond acceptors (Lipinski definition) is 4. The van der Waals surface area contributed by atoms with Crippen LogP contribution < -0.4 is 20.1 Å². The molecule has 0 fully saturated rings. The lowest BCUT2D eigenvalue weighted by Crippen LogP contribution is -2.32. The Morgan fingerprint density at radius 2 is 1.43 bits per heavy atom. The summed E-state index contributed by atoms with van der Waals surface area (Å²) in [5.41, 5.74) is 1.87. The quantitative estimate of drug-likeness (QED) is 0.705. The van der Waals surface area contributed by atoms with Crippen molar-refractivity contribution in [1.82, 2.24) is 10.6 Å². The molecule has 2 aromatic rings. The molecule has 2 aromatic carbocycles. The summed E-state index contributed by atoms with van der Waals surface area (Å²) in [5.74, 6) is 1.05. The Kier molecular flexibility index (Phi) is 6.23. The Morgan fingerprint density at radius 1 is 0.800 bits per heavy atom. The number of carbonyl (C=O) groups is 2. The highest BCUT2D eigenvalue weighted by Crippen LogP contribution is 2.35. The first-order chi connectivity index (χ1) is 14.6. The molecule has 4 rings (SSSR count). The van der Waals surface area contributed by atoms with Crippen LogP contribution >= 0.6 is 11.6 Å². The van der Waals surface area contributed by atoms with Crippen LogP contribution in [0.15, 0.2) is 54.6 Å². The molecule has 0 saturated heterocycles. The lowest BCUT2D eigenvalue weighted by atomic mass is 9.99. The minimum Gasteiger partial charge on any atom is -0.454 e. The second-order valence-electron chi connectivity index (χ2n) is 7.35. The minimum atomic E-state index is -0.213. The molecular formula is C23H23ClN2O4. The van der Waals surface area contributed by atoms with Crippen LogP contribution in [-0.4, -0.2) is 18.6 Å². The molecule has 0 aromatic heterocycles. The van der Waals surface area contributed by atoms with Gasteiger partial charge in [0.05, 0.1) is 12.1 Å². The second-order valence-corrected chi connectivity index (χ2v) is 7.79. The van der Waals surface area contributed by atoms with Crippen LogP contribution in [0, 0.1) is 0 Å². The van der Waals surface area contributed by atoms with Crippen LogP contribution in [0.3, 0.4) is 0 Å². The van der Waals surface area contributed by atoms with E-state index in [1.807, 2.05) is 48.6 Å². The third-order valence-corrected chi connectivity index (χ3v) is 5.44. The van der Waals surface area contributed by atoms with Crippen LogP contribution in [0.4, 0.5) is 0 Å². The van der Waals surface area contributed by atoms with Crippen molar-refractivity contribution in [3.8, 4) is 11.5 Å². The molecule has 2 aliphatic heterocycles. The molecular weight excluding hydrogens is 404 g/mol. The smallest absolute Gasteiger partial charge is 0.231 e. The van der Waals surface area contributed by atoms with Gasteiger partial charge in [-0.25, -0.2) is 0 Å². The van der Waals surface area contributed by atoms with E-state index in [1.54, 1.807) is 6.07 Å². The van der Waals surface area contributed by atoms with Crippen molar-refractivity contribution in [3.63, 3.8) is 0 Å². The summed E-state index contributed by atoms with van der Waals surface area (Å²) >= 11 is 6.12. The number of carbonyl (C=O) groups excluding carboxylic acids is 2. The summed E-state index contributed by atoms with van der Waals surface area (Å²) in [5, 5.41) is 6.66. The predicted molar refractivity (Wildman–Crippen MR) is 113 cm³/mol. The van der Waals surface area contributed by atoms with Crippen molar-refractivity contribution in [1.29, 1.82) is 0 Å². The van der Waals surface area contributed by atoms with Crippen LogP contribution in [0.25, 0.3) is 0 Å². The molecule has 0 saturated carbocycles. The van der Waals surface area contributed by atoms with E-state index in [2.05, 4.69) is 10.6 Å². The van der Waals surface area contributed by atoms with Crippen LogP contribution in [-0.2, 0) is 9.59 Å². The van der Waals surface area contributed by atoms with E-state index in [4.69, 9.17) is 21.1 Å². The Bertz CT molecular complexity index is 975. The Balaban J connectivity index is 1.55. The average molecular weight is 427 g/mol. The van der Waals surface area contributed by atoms with Gasteiger partial charge in [-0.2, -0.15) is 0 Å². The largest absolute Gasteiger partial charge is 0.454 e. The highest BCUT2D eigenvalue weighted by Gasteiger charge is 2.21. The maximum Gasteiger partial charge on any atom is 0.231 e. The maximum absolute atomic E-state index is 12.5. The topological polar surface area (TPSA) is 76.7 Å². The molecule has 0 aliphatic carbocycles. The number of benzene rings is 2. The van der Waals surface area contributed by atoms with Crippen molar-refractivity contribution in [3.05, 3.63) is 70.8 Å². The first-order valence-electron chi connectivity index (χ1n) is 9.97. The molecule has 2 heterocycles.